The molecule has 0 saturated carbocycles. The molecule has 3 aromatic rings. The summed E-state index contributed by atoms with van der Waals surface area (Å²) >= 11 is 0. The van der Waals surface area contributed by atoms with Crippen LogP contribution in [0.5, 0.6) is 0 Å². The number of carbonyl (C=O) groups excluding carboxylic acids is 2. The molecule has 0 fully saturated rings. The number of carbonyl (C=O) groups is 2. The summed E-state index contributed by atoms with van der Waals surface area (Å²) in [5.74, 6) is -0.759. The Hall–Kier alpha value is -3.65. The first kappa shape index (κ1) is 28.9. The lowest BCUT2D eigenvalue weighted by atomic mass is 10.1. The monoisotopic (exact) mass is 535 g/mol. The van der Waals surface area contributed by atoms with Crippen molar-refractivity contribution in [2.24, 2.45) is 0 Å². The summed E-state index contributed by atoms with van der Waals surface area (Å²) in [5, 5.41) is 2.64. The average Bonchev–Trinajstić information content (AvgIpc) is 2.89. The van der Waals surface area contributed by atoms with E-state index in [0.29, 0.717) is 12.1 Å². The first-order chi connectivity index (χ1) is 18.0. The molecule has 1 atom stereocenters. The lowest BCUT2D eigenvalue weighted by Gasteiger charge is -2.33. The van der Waals surface area contributed by atoms with Gasteiger partial charge in [0, 0.05) is 13.6 Å². The Morgan fingerprint density at radius 1 is 0.842 bits per heavy atom. The van der Waals surface area contributed by atoms with Crippen LogP contribution in [0.2, 0.25) is 0 Å². The minimum atomic E-state index is -4.09. The van der Waals surface area contributed by atoms with Gasteiger partial charge in [-0.2, -0.15) is 0 Å². The highest BCUT2D eigenvalue weighted by Crippen LogP contribution is 2.29. The number of nitrogens with one attached hydrogen (secondary N) is 1. The lowest BCUT2D eigenvalue weighted by molar-refractivity contribution is -0.140. The largest absolute Gasteiger partial charge is 0.357 e. The van der Waals surface area contributed by atoms with Gasteiger partial charge in [-0.05, 0) is 69.0 Å². The van der Waals surface area contributed by atoms with Gasteiger partial charge in [-0.25, -0.2) is 8.42 Å². The van der Waals surface area contributed by atoms with Crippen molar-refractivity contribution in [1.82, 2.24) is 10.2 Å². The number of hydrogen-bond acceptors (Lipinski definition) is 4. The number of amides is 2. The van der Waals surface area contributed by atoms with E-state index in [0.717, 1.165) is 27.8 Å². The van der Waals surface area contributed by atoms with E-state index < -0.39 is 28.5 Å². The zero-order chi connectivity index (χ0) is 28.0. The normalized spacial score (nSPS) is 12.1. The molecule has 202 valence electrons. The molecule has 8 heteroatoms. The maximum atomic E-state index is 14.0. The Labute approximate surface area is 226 Å². The second kappa shape index (κ2) is 12.3. The fraction of sp³-hybridized carbons (Fsp3) is 0.333. The van der Waals surface area contributed by atoms with Crippen LogP contribution in [0.4, 0.5) is 5.69 Å². The summed E-state index contributed by atoms with van der Waals surface area (Å²) in [6, 6.07) is 19.1. The summed E-state index contributed by atoms with van der Waals surface area (Å²) in [6.07, 6.45) is 0.380. The SMILES string of the molecule is CCC(C(=O)NC)N(Cc1ccc(C)cc1)C(=O)CN(c1cc(C)ccc1C)S(=O)(=O)c1ccc(C)cc1. The Kier molecular flexibility index (Phi) is 9.33. The predicted octanol–water partition coefficient (Wildman–Crippen LogP) is 4.67. The van der Waals surface area contributed by atoms with E-state index in [4.69, 9.17) is 0 Å². The number of anilines is 1. The third-order valence-corrected chi connectivity index (χ3v) is 8.40. The van der Waals surface area contributed by atoms with E-state index in [1.165, 1.54) is 16.3 Å². The summed E-state index contributed by atoms with van der Waals surface area (Å²) < 4.78 is 29.1. The molecule has 0 aliphatic rings. The molecule has 7 nitrogen and oxygen atoms in total. The van der Waals surface area contributed by atoms with Crippen LogP contribution in [0, 0.1) is 27.7 Å². The van der Waals surface area contributed by atoms with E-state index in [9.17, 15) is 18.0 Å². The van der Waals surface area contributed by atoms with Gasteiger partial charge in [0.1, 0.15) is 12.6 Å². The summed E-state index contributed by atoms with van der Waals surface area (Å²) in [7, 11) is -2.56. The topological polar surface area (TPSA) is 86.8 Å². The van der Waals surface area contributed by atoms with Crippen molar-refractivity contribution >= 4 is 27.5 Å². The predicted molar refractivity (Wildman–Crippen MR) is 152 cm³/mol. The number of benzene rings is 3. The lowest BCUT2D eigenvalue weighted by Crippen LogP contribution is -2.51. The molecular weight excluding hydrogens is 498 g/mol. The van der Waals surface area contributed by atoms with E-state index in [1.54, 1.807) is 30.3 Å². The molecular formula is C30H37N3O4S. The first-order valence-corrected chi connectivity index (χ1v) is 14.1. The van der Waals surface area contributed by atoms with Gasteiger partial charge in [0.05, 0.1) is 10.6 Å². The highest BCUT2D eigenvalue weighted by atomic mass is 32.2. The van der Waals surface area contributed by atoms with Crippen molar-refractivity contribution in [3.8, 4) is 0 Å². The third-order valence-electron chi connectivity index (χ3n) is 6.63. The van der Waals surface area contributed by atoms with E-state index in [1.807, 2.05) is 71.0 Å². The molecule has 0 heterocycles. The van der Waals surface area contributed by atoms with Crippen LogP contribution in [-0.2, 0) is 26.2 Å². The number of nitrogens with zero attached hydrogens (tertiary/aromatic N) is 2. The summed E-state index contributed by atoms with van der Waals surface area (Å²) in [6.45, 7) is 9.13. The van der Waals surface area contributed by atoms with Gasteiger partial charge < -0.3 is 10.2 Å². The Morgan fingerprint density at radius 2 is 1.39 bits per heavy atom. The second-order valence-corrected chi connectivity index (χ2v) is 11.5. The summed E-state index contributed by atoms with van der Waals surface area (Å²) in [4.78, 5) is 28.4. The van der Waals surface area contributed by atoms with Crippen molar-refractivity contribution in [2.75, 3.05) is 17.9 Å². The summed E-state index contributed by atoms with van der Waals surface area (Å²) in [5.41, 5.74) is 4.89. The fourth-order valence-corrected chi connectivity index (χ4v) is 5.79. The van der Waals surface area contributed by atoms with Crippen LogP contribution in [0.15, 0.2) is 71.6 Å². The van der Waals surface area contributed by atoms with Gasteiger partial charge in [0.2, 0.25) is 11.8 Å². The van der Waals surface area contributed by atoms with E-state index in [-0.39, 0.29) is 17.3 Å². The molecule has 3 aromatic carbocycles. The van der Waals surface area contributed by atoms with E-state index >= 15 is 0 Å². The maximum absolute atomic E-state index is 14.0. The zero-order valence-corrected chi connectivity index (χ0v) is 23.8. The first-order valence-electron chi connectivity index (χ1n) is 12.7. The Balaban J connectivity index is 2.10. The quantitative estimate of drug-likeness (QED) is 0.409. The zero-order valence-electron chi connectivity index (χ0n) is 23.0. The van der Waals surface area contributed by atoms with Crippen LogP contribution >= 0.6 is 0 Å². The minimum Gasteiger partial charge on any atom is -0.357 e. The number of likely N-dealkylation sites (N-methyl/N-ethyl adjacent to an activating group) is 1. The standard InChI is InChI=1S/C30H37N3O4S/c1-7-27(30(35)31-6)32(19-25-14-9-21(2)10-15-25)29(34)20-33(28-18-23(4)8-13-24(28)5)38(36,37)26-16-11-22(3)12-17-26/h8-18,27H,7,19-20H2,1-6H3,(H,31,35). The van der Waals surface area contributed by atoms with Crippen molar-refractivity contribution in [1.29, 1.82) is 0 Å². The Morgan fingerprint density at radius 3 is 1.95 bits per heavy atom. The molecule has 1 N–H and O–H groups in total. The van der Waals surface area contributed by atoms with Crippen LogP contribution in [-0.4, -0.2) is 44.8 Å². The molecule has 0 aliphatic heterocycles. The molecule has 3 rings (SSSR count). The van der Waals surface area contributed by atoms with Gasteiger partial charge in [-0.15, -0.1) is 0 Å². The van der Waals surface area contributed by atoms with Crippen LogP contribution in [0.3, 0.4) is 0 Å². The van der Waals surface area contributed by atoms with Crippen LogP contribution in [0.1, 0.15) is 41.2 Å². The van der Waals surface area contributed by atoms with Crippen molar-refractivity contribution in [2.45, 2.75) is 58.5 Å². The highest BCUT2D eigenvalue weighted by Gasteiger charge is 2.34. The molecule has 0 aliphatic carbocycles. The van der Waals surface area contributed by atoms with Crippen molar-refractivity contribution in [3.05, 3.63) is 94.5 Å². The molecule has 0 radical (unpaired) electrons. The van der Waals surface area contributed by atoms with Crippen molar-refractivity contribution in [3.63, 3.8) is 0 Å². The smallest absolute Gasteiger partial charge is 0.264 e. The molecule has 1 unspecified atom stereocenters. The fourth-order valence-electron chi connectivity index (χ4n) is 4.32. The minimum absolute atomic E-state index is 0.0974. The van der Waals surface area contributed by atoms with Gasteiger partial charge >= 0.3 is 0 Å². The van der Waals surface area contributed by atoms with Crippen LogP contribution in [0.25, 0.3) is 0 Å². The molecule has 0 spiro atoms. The maximum Gasteiger partial charge on any atom is 0.264 e. The molecule has 2 amide bonds. The van der Waals surface area contributed by atoms with Crippen molar-refractivity contribution < 1.29 is 18.0 Å². The second-order valence-electron chi connectivity index (χ2n) is 9.66. The molecule has 0 bridgehead atoms. The molecule has 38 heavy (non-hydrogen) atoms. The van der Waals surface area contributed by atoms with Gasteiger partial charge in [-0.3, -0.25) is 13.9 Å². The Bertz CT molecular complexity index is 1380. The molecule has 0 aromatic heterocycles. The molecule has 0 saturated heterocycles. The number of sulfonamides is 1. The average molecular weight is 536 g/mol. The van der Waals surface area contributed by atoms with Gasteiger partial charge in [0.15, 0.2) is 0 Å². The highest BCUT2D eigenvalue weighted by molar-refractivity contribution is 7.92. The number of rotatable bonds is 10. The van der Waals surface area contributed by atoms with Gasteiger partial charge in [0.25, 0.3) is 10.0 Å². The number of aryl methyl sites for hydroxylation is 4. The third kappa shape index (κ3) is 6.61. The van der Waals surface area contributed by atoms with Gasteiger partial charge in [-0.1, -0.05) is 66.6 Å². The number of hydrogen-bond donors (Lipinski definition) is 1. The van der Waals surface area contributed by atoms with E-state index in [2.05, 4.69) is 5.32 Å². The van der Waals surface area contributed by atoms with Crippen LogP contribution < -0.4 is 9.62 Å².